The fourth-order valence-corrected chi connectivity index (χ4v) is 5.06. The zero-order valence-electron chi connectivity index (χ0n) is 22.6. The summed E-state index contributed by atoms with van der Waals surface area (Å²) in [6.45, 7) is 1.12. The van der Waals surface area contributed by atoms with E-state index in [1.54, 1.807) is 31.2 Å². The number of hydrogen-bond acceptors (Lipinski definition) is 4. The van der Waals surface area contributed by atoms with E-state index >= 15 is 0 Å². The van der Waals surface area contributed by atoms with Gasteiger partial charge < -0.3 is 19.9 Å². The van der Waals surface area contributed by atoms with E-state index in [9.17, 15) is 46.2 Å². The van der Waals surface area contributed by atoms with Gasteiger partial charge in [-0.3, -0.25) is 9.59 Å². The third-order valence-electron chi connectivity index (χ3n) is 7.41. The van der Waals surface area contributed by atoms with E-state index in [1.807, 2.05) is 0 Å². The van der Waals surface area contributed by atoms with Crippen molar-refractivity contribution < 1.29 is 41.0 Å². The van der Waals surface area contributed by atoms with Crippen LogP contribution in [0.15, 0.2) is 54.7 Å². The third-order valence-corrected chi connectivity index (χ3v) is 7.41. The maximum absolute atomic E-state index is 13.6. The second-order valence-corrected chi connectivity index (χ2v) is 10.4. The van der Waals surface area contributed by atoms with Crippen LogP contribution in [0.5, 0.6) is 0 Å². The molecule has 0 bridgehead atoms. The topological polar surface area (TPSA) is 93.6 Å². The van der Waals surface area contributed by atoms with Crippen molar-refractivity contribution in [2.24, 2.45) is 5.92 Å². The molecule has 2 heterocycles. The molecule has 7 nitrogen and oxygen atoms in total. The number of carboxylic acid groups (broad SMARTS) is 1. The molecule has 0 aliphatic carbocycles. The molecule has 0 saturated carbocycles. The summed E-state index contributed by atoms with van der Waals surface area (Å²) in [5, 5.41) is 22.9. The summed E-state index contributed by atoms with van der Waals surface area (Å²) < 4.78 is 79.2. The number of hydroxylamine groups is 2. The van der Waals surface area contributed by atoms with Crippen molar-refractivity contribution in [3.8, 4) is 11.1 Å². The maximum Gasteiger partial charge on any atom is 0.416 e. The van der Waals surface area contributed by atoms with Crippen LogP contribution in [0, 0.1) is 18.0 Å². The van der Waals surface area contributed by atoms with Crippen LogP contribution in [0.2, 0.25) is 0 Å². The number of halogens is 6. The quantitative estimate of drug-likeness (QED) is 0.195. The van der Waals surface area contributed by atoms with Crippen molar-refractivity contribution in [3.63, 3.8) is 0 Å². The smallest absolute Gasteiger partial charge is 0.416 e. The van der Waals surface area contributed by atoms with Gasteiger partial charge in [0.25, 0.3) is 5.91 Å². The number of hydrogen-bond donors (Lipinski definition) is 1. The van der Waals surface area contributed by atoms with Gasteiger partial charge in [-0.05, 0) is 41.8 Å². The molecule has 0 unspecified atom stereocenters. The molecule has 13 heteroatoms. The van der Waals surface area contributed by atoms with Crippen LogP contribution in [0.3, 0.4) is 0 Å². The lowest BCUT2D eigenvalue weighted by Gasteiger charge is -2.45. The van der Waals surface area contributed by atoms with Crippen molar-refractivity contribution in [2.75, 3.05) is 20.1 Å². The van der Waals surface area contributed by atoms with E-state index < -0.39 is 52.5 Å². The highest BCUT2D eigenvalue weighted by Crippen LogP contribution is 2.38. The molecule has 1 aliphatic rings. The van der Waals surface area contributed by atoms with Gasteiger partial charge in [0.2, 0.25) is 5.82 Å². The molecule has 0 atom stereocenters. The van der Waals surface area contributed by atoms with Gasteiger partial charge in [-0.2, -0.15) is 26.3 Å². The standard InChI is InChI=1S/C29H27F6N3O4/c1-17-5-3-4-6-22(17)23-14-25(38(42)9-7-19(8-10-38)27(40)41)36-15-24(23)26(39)37(2)16-18-11-20(28(30,31)32)13-21(12-18)29(33,34)35/h3-6,11-15,19H,7-10,16H2,1-2H3,(H,40,41). The Morgan fingerprint density at radius 3 is 2.07 bits per heavy atom. The largest absolute Gasteiger partial charge is 0.626 e. The van der Waals surface area contributed by atoms with Crippen LogP contribution in [0.25, 0.3) is 11.1 Å². The predicted octanol–water partition coefficient (Wildman–Crippen LogP) is 6.67. The van der Waals surface area contributed by atoms with E-state index in [1.165, 1.54) is 19.3 Å². The van der Waals surface area contributed by atoms with E-state index in [4.69, 9.17) is 0 Å². The van der Waals surface area contributed by atoms with Gasteiger partial charge in [-0.1, -0.05) is 24.3 Å². The second kappa shape index (κ2) is 11.4. The highest BCUT2D eigenvalue weighted by molar-refractivity contribution is 6.01. The van der Waals surface area contributed by atoms with Gasteiger partial charge in [0.05, 0.1) is 35.7 Å². The summed E-state index contributed by atoms with van der Waals surface area (Å²) in [6, 6.07) is 9.55. The molecule has 1 aliphatic heterocycles. The summed E-state index contributed by atoms with van der Waals surface area (Å²) in [5.74, 6) is -2.31. The molecule has 0 radical (unpaired) electrons. The van der Waals surface area contributed by atoms with Crippen LogP contribution >= 0.6 is 0 Å². The number of aliphatic carboxylic acids is 1. The second-order valence-electron chi connectivity index (χ2n) is 10.4. The van der Waals surface area contributed by atoms with E-state index in [2.05, 4.69) is 4.98 Å². The number of rotatable bonds is 6. The minimum Gasteiger partial charge on any atom is -0.626 e. The van der Waals surface area contributed by atoms with Crippen molar-refractivity contribution in [1.29, 1.82) is 0 Å². The Bertz CT molecular complexity index is 1470. The SMILES string of the molecule is Cc1ccccc1-c1cc([N+]2([O-])CCC(C(=O)O)CC2)ncc1C(=O)N(C)Cc1cc(C(F)(F)F)cc(C(F)(F)F)c1. The van der Waals surface area contributed by atoms with Crippen molar-refractivity contribution in [3.05, 3.63) is 87.8 Å². The number of piperidine rings is 1. The summed E-state index contributed by atoms with van der Waals surface area (Å²) in [7, 11) is 1.24. The van der Waals surface area contributed by atoms with E-state index in [0.29, 0.717) is 23.3 Å². The number of carboxylic acids is 1. The number of aromatic nitrogens is 1. The van der Waals surface area contributed by atoms with Crippen LogP contribution in [0.1, 0.15) is 45.5 Å². The number of aryl methyl sites for hydroxylation is 1. The summed E-state index contributed by atoms with van der Waals surface area (Å²) >= 11 is 0. The number of alkyl halides is 6. The molecule has 1 saturated heterocycles. The third kappa shape index (κ3) is 6.57. The molecule has 1 N–H and O–H groups in total. The van der Waals surface area contributed by atoms with Gasteiger partial charge in [0.15, 0.2) is 0 Å². The highest BCUT2D eigenvalue weighted by atomic mass is 19.4. The number of benzene rings is 2. The van der Waals surface area contributed by atoms with Crippen LogP contribution in [0.4, 0.5) is 32.2 Å². The molecule has 0 spiro atoms. The number of amides is 1. The molecule has 4 rings (SSSR count). The van der Waals surface area contributed by atoms with E-state index in [0.717, 1.165) is 10.5 Å². The van der Waals surface area contributed by atoms with Crippen LogP contribution in [-0.2, 0) is 23.7 Å². The van der Waals surface area contributed by atoms with Gasteiger partial charge in [-0.15, -0.1) is 0 Å². The Hall–Kier alpha value is -3.97. The number of nitrogens with zero attached hydrogens (tertiary/aromatic N) is 3. The van der Waals surface area contributed by atoms with Crippen molar-refractivity contribution in [1.82, 2.24) is 14.5 Å². The zero-order valence-corrected chi connectivity index (χ0v) is 22.6. The average Bonchev–Trinajstić information content (AvgIpc) is 2.91. The molecule has 1 fully saturated rings. The number of carbonyl (C=O) groups excluding carboxylic acids is 1. The minimum atomic E-state index is -5.04. The van der Waals surface area contributed by atoms with Crippen LogP contribution < -0.4 is 4.65 Å². The molecule has 1 aromatic heterocycles. The lowest BCUT2D eigenvalue weighted by molar-refractivity contribution is -0.144. The first-order chi connectivity index (χ1) is 19.5. The van der Waals surface area contributed by atoms with Gasteiger partial charge >= 0.3 is 18.3 Å². The number of carbonyl (C=O) groups is 2. The molecular formula is C29H27F6N3O4. The van der Waals surface area contributed by atoms with Crippen LogP contribution in [-0.4, -0.2) is 47.0 Å². The number of pyridine rings is 1. The Labute approximate surface area is 237 Å². The van der Waals surface area contributed by atoms with Gasteiger partial charge in [0, 0.05) is 44.3 Å². The monoisotopic (exact) mass is 595 g/mol. The Morgan fingerprint density at radius 1 is 0.976 bits per heavy atom. The highest BCUT2D eigenvalue weighted by Gasteiger charge is 2.38. The lowest BCUT2D eigenvalue weighted by atomic mass is 9.94. The molecule has 224 valence electrons. The first-order valence-corrected chi connectivity index (χ1v) is 12.9. The van der Waals surface area contributed by atoms with Crippen molar-refractivity contribution >= 4 is 17.7 Å². The van der Waals surface area contributed by atoms with Gasteiger partial charge in [0.1, 0.15) is 0 Å². The molecule has 42 heavy (non-hydrogen) atoms. The molecule has 3 aromatic rings. The van der Waals surface area contributed by atoms with Crippen molar-refractivity contribution in [2.45, 2.75) is 38.7 Å². The number of quaternary nitrogens is 1. The first kappa shape index (κ1) is 31.0. The summed E-state index contributed by atoms with van der Waals surface area (Å²) in [6.07, 6.45) is -8.62. The Kier molecular flexibility index (Phi) is 8.38. The minimum absolute atomic E-state index is 0.00871. The maximum atomic E-state index is 13.6. The predicted molar refractivity (Wildman–Crippen MR) is 142 cm³/mol. The fourth-order valence-electron chi connectivity index (χ4n) is 5.06. The Morgan fingerprint density at radius 2 is 1.55 bits per heavy atom. The summed E-state index contributed by atoms with van der Waals surface area (Å²) in [4.78, 5) is 30.2. The molecular weight excluding hydrogens is 568 g/mol. The fraction of sp³-hybridized carbons (Fsp3) is 0.345. The first-order valence-electron chi connectivity index (χ1n) is 12.9. The molecule has 1 amide bonds. The Balaban J connectivity index is 1.72. The average molecular weight is 596 g/mol. The zero-order chi connectivity index (χ0) is 31.0. The lowest BCUT2D eigenvalue weighted by Crippen LogP contribution is -2.50. The van der Waals surface area contributed by atoms with Gasteiger partial charge in [-0.25, -0.2) is 4.98 Å². The van der Waals surface area contributed by atoms with E-state index in [-0.39, 0.29) is 48.9 Å². The molecule has 2 aromatic carbocycles. The normalized spacial score (nSPS) is 19.4. The summed E-state index contributed by atoms with van der Waals surface area (Å²) in [5.41, 5.74) is -1.74.